The number of rotatable bonds is 11. The number of piperidine rings is 4. The zero-order valence-corrected chi connectivity index (χ0v) is 49.8. The topological polar surface area (TPSA) is 175 Å². The molecule has 8 aromatic rings. The molecule has 4 aliphatic heterocycles. The Hall–Kier alpha value is -8.57. The number of nitrogens with one attached hydrogen (secondary N) is 1. The Bertz CT molecular complexity index is 4070. The third-order valence-electron chi connectivity index (χ3n) is 17.9. The molecule has 0 spiro atoms. The first-order valence-corrected chi connectivity index (χ1v) is 30.2. The molecule has 4 aromatic carbocycles. The molecule has 0 atom stereocenters. The monoisotopic (exact) mass is 1230 g/mol. The van der Waals surface area contributed by atoms with Crippen molar-refractivity contribution in [3.8, 4) is 33.9 Å². The first kappa shape index (κ1) is 62.1. The Balaban J connectivity index is 0.000000185. The second kappa shape index (κ2) is 25.9. The fourth-order valence-electron chi connectivity index (χ4n) is 12.7. The highest BCUT2D eigenvalue weighted by molar-refractivity contribution is 5.99. The van der Waals surface area contributed by atoms with Gasteiger partial charge in [0.1, 0.15) is 41.2 Å². The molecule has 0 unspecified atom stereocenters. The van der Waals surface area contributed by atoms with Gasteiger partial charge in [0.2, 0.25) is 11.9 Å². The average Bonchev–Trinajstić information content (AvgIpc) is 0.888. The third-order valence-corrected chi connectivity index (χ3v) is 17.9. The fraction of sp³-hybridized carbons (Fsp3) is 0.394. The van der Waals surface area contributed by atoms with Gasteiger partial charge in [-0.2, -0.15) is 23.1 Å². The van der Waals surface area contributed by atoms with Crippen LogP contribution in [0.15, 0.2) is 107 Å². The molecule has 466 valence electrons. The fourth-order valence-corrected chi connectivity index (χ4v) is 12.7. The van der Waals surface area contributed by atoms with Gasteiger partial charge in [-0.25, -0.2) is 32.3 Å². The summed E-state index contributed by atoms with van der Waals surface area (Å²) in [4.78, 5) is 79.4. The minimum atomic E-state index is -4.59. The van der Waals surface area contributed by atoms with E-state index in [1.807, 2.05) is 22.0 Å². The van der Waals surface area contributed by atoms with E-state index in [1.54, 1.807) is 19.1 Å². The van der Waals surface area contributed by atoms with E-state index in [4.69, 9.17) is 19.9 Å². The standard InChI is InChI=1S/C34H35F5N6O2.C32H33F2N5O3/c1-20-10-14-43(15-11-20)23-12-16-44(17-13-23)33-41-29(25-18-22(7-6-21(25)2)32(47)40-19-34(37,38)39)24-8-9-28(46)45(31(24)42-33)30-26(35)4-3-5-27(30)36;1-19-10-14-37(15-11-19)22-12-16-38(17-13-22)32-35-28(24-18-21(31(41)42)7-6-20(24)2)23-8-9-27(40)39(30(23)36-32)29-25(33)4-3-5-26(29)34/h3-9,18,20,23H,10-17,19H2,1-2H3,(H,40,47);3-9,18-19,22H,10-17H2,1-2H3,(H,41,42). The highest BCUT2D eigenvalue weighted by Gasteiger charge is 2.33. The predicted molar refractivity (Wildman–Crippen MR) is 326 cm³/mol. The molecule has 1 amide bonds. The number of anilines is 2. The van der Waals surface area contributed by atoms with Gasteiger partial charge in [0, 0.05) is 77.9 Å². The number of benzene rings is 4. The molecule has 8 heterocycles. The Morgan fingerprint density at radius 1 is 0.528 bits per heavy atom. The number of aromatic carboxylic acids is 1. The Kier molecular flexibility index (Phi) is 18.0. The lowest BCUT2D eigenvalue weighted by atomic mass is 9.95. The van der Waals surface area contributed by atoms with Crippen LogP contribution in [0.25, 0.3) is 56.0 Å². The van der Waals surface area contributed by atoms with Crippen LogP contribution in [0.1, 0.15) is 97.1 Å². The van der Waals surface area contributed by atoms with Gasteiger partial charge in [0.05, 0.1) is 17.0 Å². The van der Waals surface area contributed by atoms with Gasteiger partial charge < -0.3 is 30.0 Å². The number of aryl methyl sites for hydroxylation is 2. The second-order valence-electron chi connectivity index (χ2n) is 23.9. The summed E-state index contributed by atoms with van der Waals surface area (Å²) in [6, 6.07) is 22.1. The maximum Gasteiger partial charge on any atom is 0.405 e. The molecule has 16 nitrogen and oxygen atoms in total. The quantitative estimate of drug-likeness (QED) is 0.117. The van der Waals surface area contributed by atoms with Gasteiger partial charge in [-0.1, -0.05) is 38.1 Å². The molecule has 0 aliphatic carbocycles. The number of pyridine rings is 2. The van der Waals surface area contributed by atoms with Crippen LogP contribution >= 0.6 is 0 Å². The summed E-state index contributed by atoms with van der Waals surface area (Å²) >= 11 is 0. The van der Waals surface area contributed by atoms with Crippen LogP contribution in [-0.4, -0.2) is 133 Å². The molecule has 89 heavy (non-hydrogen) atoms. The molecule has 0 radical (unpaired) electrons. The van der Waals surface area contributed by atoms with Gasteiger partial charge in [0.25, 0.3) is 17.0 Å². The number of hydrogen-bond donors (Lipinski definition) is 2. The minimum absolute atomic E-state index is 0.0340. The number of carboxylic acid groups (broad SMARTS) is 1. The highest BCUT2D eigenvalue weighted by atomic mass is 19.4. The first-order valence-electron chi connectivity index (χ1n) is 30.2. The van der Waals surface area contributed by atoms with E-state index in [-0.39, 0.29) is 39.4 Å². The van der Waals surface area contributed by atoms with E-state index in [2.05, 4.69) is 23.6 Å². The number of alkyl halides is 3. The number of para-hydroxylation sites is 2. The van der Waals surface area contributed by atoms with Crippen LogP contribution in [-0.2, 0) is 0 Å². The lowest BCUT2D eigenvalue weighted by molar-refractivity contribution is -0.123. The lowest BCUT2D eigenvalue weighted by Gasteiger charge is -2.41. The summed E-state index contributed by atoms with van der Waals surface area (Å²) < 4.78 is 101. The van der Waals surface area contributed by atoms with Crippen LogP contribution in [0.4, 0.5) is 42.6 Å². The van der Waals surface area contributed by atoms with Crippen molar-refractivity contribution in [2.75, 3.05) is 68.7 Å². The zero-order chi connectivity index (χ0) is 63.0. The number of carbonyl (C=O) groups is 2. The van der Waals surface area contributed by atoms with E-state index in [0.717, 1.165) is 116 Å². The zero-order valence-electron chi connectivity index (χ0n) is 49.8. The molecule has 12 rings (SSSR count). The molecular formula is C66H68F7N11O5. The van der Waals surface area contributed by atoms with Crippen LogP contribution in [0, 0.1) is 49.0 Å². The van der Waals surface area contributed by atoms with Gasteiger partial charge in [-0.15, -0.1) is 0 Å². The van der Waals surface area contributed by atoms with Gasteiger partial charge in [0.15, 0.2) is 11.3 Å². The van der Waals surface area contributed by atoms with Crippen LogP contribution < -0.4 is 26.2 Å². The summed E-state index contributed by atoms with van der Waals surface area (Å²) in [6.45, 7) is 13.5. The number of halogens is 7. The highest BCUT2D eigenvalue weighted by Crippen LogP contribution is 2.37. The van der Waals surface area contributed by atoms with Crippen LogP contribution in [0.5, 0.6) is 0 Å². The predicted octanol–water partition coefficient (Wildman–Crippen LogP) is 11.5. The molecule has 2 N–H and O–H groups in total. The number of amides is 1. The maximum absolute atomic E-state index is 15.1. The molecule has 4 fully saturated rings. The molecule has 0 bridgehead atoms. The minimum Gasteiger partial charge on any atom is -0.478 e. The van der Waals surface area contributed by atoms with Crippen LogP contribution in [0.2, 0.25) is 0 Å². The smallest absolute Gasteiger partial charge is 0.405 e. The maximum atomic E-state index is 15.1. The SMILES string of the molecule is Cc1ccc(C(=O)NCC(F)(F)F)cc1-c1nc(N2CCC(N3CCC(C)CC3)CC2)nc2c1ccc(=O)n2-c1c(F)cccc1F.Cc1ccc(C(=O)O)cc1-c1nc(N2CCC(N3CCC(C)CC3)CC2)nc2c1ccc(=O)n2-c1c(F)cccc1F. The molecule has 23 heteroatoms. The van der Waals surface area contributed by atoms with Crippen molar-refractivity contribution in [1.82, 2.24) is 44.2 Å². The van der Waals surface area contributed by atoms with E-state index in [0.29, 0.717) is 77.9 Å². The number of carbonyl (C=O) groups excluding carboxylic acids is 1. The number of hydrogen-bond acceptors (Lipinski definition) is 12. The van der Waals surface area contributed by atoms with Crippen molar-refractivity contribution < 1.29 is 45.4 Å². The van der Waals surface area contributed by atoms with E-state index >= 15 is 17.6 Å². The van der Waals surface area contributed by atoms with Crippen molar-refractivity contribution in [3.05, 3.63) is 163 Å². The number of carboxylic acids is 1. The summed E-state index contributed by atoms with van der Waals surface area (Å²) in [7, 11) is 0. The molecule has 4 aromatic heterocycles. The van der Waals surface area contributed by atoms with Gasteiger partial charge in [-0.3, -0.25) is 23.5 Å². The number of fused-ring (bicyclic) bond motifs is 2. The summed E-state index contributed by atoms with van der Waals surface area (Å²) in [5.41, 5.74) is 0.597. The van der Waals surface area contributed by atoms with E-state index in [1.165, 1.54) is 67.4 Å². The number of likely N-dealkylation sites (tertiary alicyclic amines) is 2. The van der Waals surface area contributed by atoms with Crippen molar-refractivity contribution in [3.63, 3.8) is 0 Å². The largest absolute Gasteiger partial charge is 0.478 e. The van der Waals surface area contributed by atoms with Crippen molar-refractivity contribution in [2.24, 2.45) is 11.8 Å². The summed E-state index contributed by atoms with van der Waals surface area (Å²) in [6.07, 6.45) is 3.68. The molecule has 4 saturated heterocycles. The van der Waals surface area contributed by atoms with E-state index < -0.39 is 70.4 Å². The Morgan fingerprint density at radius 2 is 0.910 bits per heavy atom. The number of nitrogens with zero attached hydrogens (tertiary/aromatic N) is 10. The molecular weight excluding hydrogens is 1160 g/mol. The normalized spacial score (nSPS) is 17.1. The summed E-state index contributed by atoms with van der Waals surface area (Å²) in [5.74, 6) is -3.69. The third kappa shape index (κ3) is 13.3. The molecule has 0 saturated carbocycles. The van der Waals surface area contributed by atoms with E-state index in [9.17, 15) is 37.5 Å². The Labute approximate surface area is 508 Å². The Morgan fingerprint density at radius 3 is 1.29 bits per heavy atom. The van der Waals surface area contributed by atoms with Crippen LogP contribution in [0.3, 0.4) is 0 Å². The van der Waals surface area contributed by atoms with Crippen molar-refractivity contribution in [2.45, 2.75) is 97.3 Å². The van der Waals surface area contributed by atoms with Gasteiger partial charge >= 0.3 is 12.1 Å². The van der Waals surface area contributed by atoms with Crippen molar-refractivity contribution in [1.29, 1.82) is 0 Å². The molecule has 4 aliphatic rings. The van der Waals surface area contributed by atoms with Crippen molar-refractivity contribution >= 4 is 45.8 Å². The van der Waals surface area contributed by atoms with Gasteiger partial charge in [-0.05, 0) is 175 Å². The average molecular weight is 1230 g/mol. The first-order chi connectivity index (χ1) is 42.6. The number of aromatic nitrogens is 6. The summed E-state index contributed by atoms with van der Waals surface area (Å²) in [5, 5.41) is 12.2. The second-order valence-corrected chi connectivity index (χ2v) is 23.9. The lowest BCUT2D eigenvalue weighted by Crippen LogP contribution is -2.48.